The third-order valence-electron chi connectivity index (χ3n) is 4.91. The first-order valence-electron chi connectivity index (χ1n) is 8.93. The summed E-state index contributed by atoms with van der Waals surface area (Å²) in [5.74, 6) is 1.00. The highest BCUT2D eigenvalue weighted by atomic mass is 16.3. The number of aryl methyl sites for hydroxylation is 1. The molecule has 1 saturated carbocycles. The Balaban J connectivity index is 1.65. The van der Waals surface area contributed by atoms with Gasteiger partial charge in [-0.05, 0) is 25.0 Å². The molecule has 0 saturated heterocycles. The summed E-state index contributed by atoms with van der Waals surface area (Å²) in [4.78, 5) is 16.7. The first kappa shape index (κ1) is 17.5. The lowest BCUT2D eigenvalue weighted by molar-refractivity contribution is 0.182. The molecule has 25 heavy (non-hydrogen) atoms. The number of anilines is 1. The van der Waals surface area contributed by atoms with Gasteiger partial charge in [0.1, 0.15) is 5.82 Å². The van der Waals surface area contributed by atoms with Gasteiger partial charge < -0.3 is 20.3 Å². The predicted octanol–water partition coefficient (Wildman–Crippen LogP) is 3.15. The lowest BCUT2D eigenvalue weighted by atomic mass is 9.96. The Morgan fingerprint density at radius 3 is 2.92 bits per heavy atom. The van der Waals surface area contributed by atoms with Crippen LogP contribution in [0.3, 0.4) is 0 Å². The van der Waals surface area contributed by atoms with Gasteiger partial charge in [-0.1, -0.05) is 31.4 Å². The molecule has 134 valence electrons. The smallest absolute Gasteiger partial charge is 0.319 e. The minimum Gasteiger partial charge on any atom is -0.396 e. The molecule has 1 aliphatic carbocycles. The van der Waals surface area contributed by atoms with Crippen LogP contribution in [0.25, 0.3) is 11.4 Å². The van der Waals surface area contributed by atoms with Gasteiger partial charge in [0.25, 0.3) is 0 Å². The molecule has 0 bridgehead atoms. The minimum absolute atomic E-state index is 0.0326. The maximum Gasteiger partial charge on any atom is 0.319 e. The number of aliphatic hydroxyl groups excluding tert-OH is 1. The highest BCUT2D eigenvalue weighted by Gasteiger charge is 2.24. The van der Waals surface area contributed by atoms with Gasteiger partial charge in [0, 0.05) is 49.3 Å². The van der Waals surface area contributed by atoms with E-state index in [0.717, 1.165) is 42.8 Å². The number of carbonyl (C=O) groups is 1. The Bertz CT molecular complexity index is 713. The van der Waals surface area contributed by atoms with Crippen LogP contribution in [0.5, 0.6) is 0 Å². The van der Waals surface area contributed by atoms with Gasteiger partial charge in [-0.2, -0.15) is 0 Å². The van der Waals surface area contributed by atoms with Gasteiger partial charge in [0.05, 0.1) is 0 Å². The molecular formula is C19H26N4O2. The highest BCUT2D eigenvalue weighted by molar-refractivity contribution is 5.90. The van der Waals surface area contributed by atoms with Crippen molar-refractivity contribution in [3.05, 3.63) is 36.7 Å². The van der Waals surface area contributed by atoms with E-state index in [-0.39, 0.29) is 24.6 Å². The van der Waals surface area contributed by atoms with Gasteiger partial charge in [-0.25, -0.2) is 9.78 Å². The summed E-state index contributed by atoms with van der Waals surface area (Å²) in [6.07, 6.45) is 8.92. The molecule has 0 spiro atoms. The number of urea groups is 1. The largest absolute Gasteiger partial charge is 0.396 e. The van der Waals surface area contributed by atoms with E-state index in [1.165, 1.54) is 6.42 Å². The van der Waals surface area contributed by atoms with Crippen molar-refractivity contribution in [3.63, 3.8) is 0 Å². The zero-order valence-corrected chi connectivity index (χ0v) is 14.6. The van der Waals surface area contributed by atoms with Crippen LogP contribution in [-0.4, -0.2) is 33.3 Å². The van der Waals surface area contributed by atoms with Crippen LogP contribution in [0, 0.1) is 5.92 Å². The first-order chi connectivity index (χ1) is 12.2. The fraction of sp³-hybridized carbons (Fsp3) is 0.474. The van der Waals surface area contributed by atoms with E-state index < -0.39 is 0 Å². The van der Waals surface area contributed by atoms with E-state index in [1.54, 1.807) is 6.20 Å². The Morgan fingerprint density at radius 2 is 2.16 bits per heavy atom. The van der Waals surface area contributed by atoms with Gasteiger partial charge in [-0.3, -0.25) is 0 Å². The van der Waals surface area contributed by atoms with E-state index in [9.17, 15) is 9.90 Å². The van der Waals surface area contributed by atoms with Crippen molar-refractivity contribution in [2.24, 2.45) is 13.0 Å². The van der Waals surface area contributed by atoms with Crippen molar-refractivity contribution in [2.45, 2.75) is 38.1 Å². The van der Waals surface area contributed by atoms with Crippen LogP contribution in [-0.2, 0) is 7.05 Å². The van der Waals surface area contributed by atoms with E-state index in [0.29, 0.717) is 0 Å². The fourth-order valence-electron chi connectivity index (χ4n) is 3.51. The van der Waals surface area contributed by atoms with E-state index in [1.807, 2.05) is 42.1 Å². The van der Waals surface area contributed by atoms with Crippen LogP contribution in [0.1, 0.15) is 32.1 Å². The average Bonchev–Trinajstić information content (AvgIpc) is 2.90. The lowest BCUT2D eigenvalue weighted by Crippen LogP contribution is -2.43. The lowest BCUT2D eigenvalue weighted by Gasteiger charge is -2.24. The van der Waals surface area contributed by atoms with Crippen LogP contribution >= 0.6 is 0 Å². The molecule has 1 aromatic heterocycles. The van der Waals surface area contributed by atoms with E-state index >= 15 is 0 Å². The van der Waals surface area contributed by atoms with Gasteiger partial charge in [0.15, 0.2) is 0 Å². The van der Waals surface area contributed by atoms with Gasteiger partial charge in [0.2, 0.25) is 0 Å². The third-order valence-corrected chi connectivity index (χ3v) is 4.91. The number of aromatic nitrogens is 2. The number of nitrogens with one attached hydrogen (secondary N) is 2. The maximum absolute atomic E-state index is 12.4. The van der Waals surface area contributed by atoms with Crippen LogP contribution < -0.4 is 10.6 Å². The summed E-state index contributed by atoms with van der Waals surface area (Å²) in [5.41, 5.74) is 1.68. The number of nitrogens with zero attached hydrogens (tertiary/aromatic N) is 2. The number of amides is 2. The fourth-order valence-corrected chi connectivity index (χ4v) is 3.51. The number of rotatable bonds is 4. The number of carbonyl (C=O) groups excluding carboxylic acids is 1. The zero-order chi connectivity index (χ0) is 17.6. The van der Waals surface area contributed by atoms with Gasteiger partial charge in [-0.15, -0.1) is 0 Å². The zero-order valence-electron chi connectivity index (χ0n) is 14.6. The molecule has 3 N–H and O–H groups in total. The van der Waals surface area contributed by atoms with E-state index in [2.05, 4.69) is 15.6 Å². The summed E-state index contributed by atoms with van der Waals surface area (Å²) in [5, 5.41) is 15.5. The predicted molar refractivity (Wildman–Crippen MR) is 98.2 cm³/mol. The van der Waals surface area contributed by atoms with Crippen molar-refractivity contribution in [1.29, 1.82) is 0 Å². The summed E-state index contributed by atoms with van der Waals surface area (Å²) >= 11 is 0. The quantitative estimate of drug-likeness (QED) is 0.747. The van der Waals surface area contributed by atoms with Crippen molar-refractivity contribution in [1.82, 2.24) is 14.9 Å². The summed E-state index contributed by atoms with van der Waals surface area (Å²) in [6, 6.07) is 7.47. The average molecular weight is 342 g/mol. The second kappa shape index (κ2) is 8.16. The molecule has 2 aromatic rings. The molecule has 1 aromatic carbocycles. The summed E-state index contributed by atoms with van der Waals surface area (Å²) in [7, 11) is 1.94. The van der Waals surface area contributed by atoms with E-state index in [4.69, 9.17) is 0 Å². The molecule has 3 rings (SSSR count). The molecule has 2 amide bonds. The first-order valence-corrected chi connectivity index (χ1v) is 8.93. The number of hydrogen-bond acceptors (Lipinski definition) is 3. The molecule has 6 heteroatoms. The standard InChI is InChI=1S/C19H26N4O2/c1-23-11-10-20-18(23)14-7-5-8-16(12-14)21-19(25)22-17-9-4-2-3-6-15(17)13-24/h5,7-8,10-12,15,17,24H,2-4,6,9,13H2,1H3,(H2,21,22,25). The number of aliphatic hydroxyl groups is 1. The maximum atomic E-state index is 12.4. The third kappa shape index (κ3) is 4.39. The molecule has 2 unspecified atom stereocenters. The van der Waals surface area contributed by atoms with Crippen molar-refractivity contribution < 1.29 is 9.90 Å². The monoisotopic (exact) mass is 342 g/mol. The normalized spacial score (nSPS) is 20.7. The van der Waals surface area contributed by atoms with Gasteiger partial charge >= 0.3 is 6.03 Å². The molecule has 6 nitrogen and oxygen atoms in total. The summed E-state index contributed by atoms with van der Waals surface area (Å²) in [6.45, 7) is 0.125. The second-order valence-corrected chi connectivity index (χ2v) is 6.73. The molecule has 1 fully saturated rings. The van der Waals surface area contributed by atoms with Crippen molar-refractivity contribution in [3.8, 4) is 11.4 Å². The molecule has 2 atom stereocenters. The Labute approximate surface area is 148 Å². The molecule has 1 aliphatic rings. The molecular weight excluding hydrogens is 316 g/mol. The van der Waals surface area contributed by atoms with Crippen LogP contribution in [0.2, 0.25) is 0 Å². The second-order valence-electron chi connectivity index (χ2n) is 6.73. The SMILES string of the molecule is Cn1ccnc1-c1cccc(NC(=O)NC2CCCCCC2CO)c1. The molecule has 1 heterocycles. The van der Waals surface area contributed by atoms with Crippen LogP contribution in [0.4, 0.5) is 10.5 Å². The van der Waals surface area contributed by atoms with Crippen molar-refractivity contribution >= 4 is 11.7 Å². The molecule has 0 aliphatic heterocycles. The Kier molecular flexibility index (Phi) is 5.71. The number of hydrogen-bond donors (Lipinski definition) is 3. The highest BCUT2D eigenvalue weighted by Crippen LogP contribution is 2.24. The van der Waals surface area contributed by atoms with Crippen LogP contribution in [0.15, 0.2) is 36.7 Å². The number of imidazole rings is 1. The summed E-state index contributed by atoms with van der Waals surface area (Å²) < 4.78 is 1.94. The minimum atomic E-state index is -0.220. The number of benzene rings is 1. The van der Waals surface area contributed by atoms with Crippen molar-refractivity contribution in [2.75, 3.05) is 11.9 Å². The Morgan fingerprint density at radius 1 is 1.32 bits per heavy atom. The Hall–Kier alpha value is -2.34. The molecule has 0 radical (unpaired) electrons. The topological polar surface area (TPSA) is 79.2 Å².